The summed E-state index contributed by atoms with van der Waals surface area (Å²) in [6.45, 7) is 1.74. The Bertz CT molecular complexity index is 648. The van der Waals surface area contributed by atoms with Gasteiger partial charge in [-0.25, -0.2) is 9.78 Å². The van der Waals surface area contributed by atoms with E-state index in [0.717, 1.165) is 0 Å². The van der Waals surface area contributed by atoms with E-state index in [9.17, 15) is 4.79 Å². The second kappa shape index (κ2) is 6.13. The van der Waals surface area contributed by atoms with Gasteiger partial charge in [0, 0.05) is 29.6 Å². The second-order valence-corrected chi connectivity index (χ2v) is 4.41. The van der Waals surface area contributed by atoms with E-state index in [0.29, 0.717) is 28.7 Å². The van der Waals surface area contributed by atoms with Crippen molar-refractivity contribution in [3.63, 3.8) is 0 Å². The highest BCUT2D eigenvalue weighted by atomic mass is 16.5. The lowest BCUT2D eigenvalue weighted by atomic mass is 10.2. The minimum atomic E-state index is -0.994. The van der Waals surface area contributed by atoms with Crippen LogP contribution >= 0.6 is 0 Å². The third-order valence-electron chi connectivity index (χ3n) is 2.82. The van der Waals surface area contributed by atoms with Gasteiger partial charge in [-0.05, 0) is 19.1 Å². The molecule has 0 bridgehead atoms. The van der Waals surface area contributed by atoms with E-state index in [1.807, 2.05) is 0 Å². The quantitative estimate of drug-likeness (QED) is 0.880. The topological polar surface area (TPSA) is 80.7 Å². The molecule has 0 spiro atoms. The van der Waals surface area contributed by atoms with Gasteiger partial charge in [0.15, 0.2) is 0 Å². The number of pyridine rings is 1. The number of nitrogens with one attached hydrogen (secondary N) is 1. The fourth-order valence-corrected chi connectivity index (χ4v) is 1.88. The zero-order chi connectivity index (χ0) is 15.4. The molecule has 21 heavy (non-hydrogen) atoms. The molecule has 6 nitrogen and oxygen atoms in total. The Morgan fingerprint density at radius 3 is 2.24 bits per heavy atom. The van der Waals surface area contributed by atoms with E-state index < -0.39 is 5.97 Å². The summed E-state index contributed by atoms with van der Waals surface area (Å²) in [4.78, 5) is 15.3. The van der Waals surface area contributed by atoms with Crippen LogP contribution in [-0.4, -0.2) is 30.3 Å². The van der Waals surface area contributed by atoms with Gasteiger partial charge in [-0.3, -0.25) is 0 Å². The molecule has 0 aliphatic rings. The van der Waals surface area contributed by atoms with Crippen LogP contribution in [0.1, 0.15) is 16.1 Å². The van der Waals surface area contributed by atoms with Crippen LogP contribution in [0.2, 0.25) is 0 Å². The number of aromatic carboxylic acids is 1. The summed E-state index contributed by atoms with van der Waals surface area (Å²) in [6, 6.07) is 8.28. The first kappa shape index (κ1) is 14.6. The molecule has 0 atom stereocenters. The van der Waals surface area contributed by atoms with Gasteiger partial charge in [0.1, 0.15) is 17.3 Å². The van der Waals surface area contributed by atoms with Crippen molar-refractivity contribution in [3.05, 3.63) is 41.6 Å². The number of rotatable bonds is 5. The van der Waals surface area contributed by atoms with Crippen LogP contribution in [0.3, 0.4) is 0 Å². The lowest BCUT2D eigenvalue weighted by molar-refractivity contribution is 0.0696. The molecule has 110 valence electrons. The Morgan fingerprint density at radius 2 is 1.71 bits per heavy atom. The summed E-state index contributed by atoms with van der Waals surface area (Å²) in [5.41, 5.74) is 1.49. The van der Waals surface area contributed by atoms with Crippen molar-refractivity contribution in [2.45, 2.75) is 6.92 Å². The molecular formula is C15H16N2O4. The number of nitrogens with zero attached hydrogens (tertiary/aromatic N) is 1. The predicted molar refractivity (Wildman–Crippen MR) is 78.8 cm³/mol. The first-order valence-electron chi connectivity index (χ1n) is 6.24. The van der Waals surface area contributed by atoms with Crippen molar-refractivity contribution in [1.29, 1.82) is 0 Å². The Morgan fingerprint density at radius 1 is 1.10 bits per heavy atom. The number of carbonyl (C=O) groups is 1. The minimum Gasteiger partial charge on any atom is -0.497 e. The lowest BCUT2D eigenvalue weighted by Gasteiger charge is -2.11. The van der Waals surface area contributed by atoms with Crippen LogP contribution in [0.4, 0.5) is 11.5 Å². The van der Waals surface area contributed by atoms with Crippen LogP contribution < -0.4 is 14.8 Å². The van der Waals surface area contributed by atoms with Crippen molar-refractivity contribution >= 4 is 17.5 Å². The molecule has 0 radical (unpaired) electrons. The van der Waals surface area contributed by atoms with Crippen molar-refractivity contribution in [1.82, 2.24) is 4.98 Å². The van der Waals surface area contributed by atoms with E-state index in [2.05, 4.69) is 10.3 Å². The van der Waals surface area contributed by atoms with Crippen LogP contribution in [0.5, 0.6) is 11.5 Å². The first-order chi connectivity index (χ1) is 10.0. The third kappa shape index (κ3) is 3.62. The molecule has 0 saturated carbocycles. The maximum absolute atomic E-state index is 11.1. The maximum atomic E-state index is 11.1. The molecule has 0 amide bonds. The summed E-state index contributed by atoms with van der Waals surface area (Å²) in [7, 11) is 3.12. The highest BCUT2D eigenvalue weighted by Crippen LogP contribution is 2.27. The molecule has 0 saturated heterocycles. The standard InChI is InChI=1S/C15H16N2O4/c1-9-4-10(15(18)19)5-14(16-9)17-11-6-12(20-2)8-13(7-11)21-3/h4-8H,1-3H3,(H,16,17)(H,18,19). The molecule has 2 aromatic rings. The minimum absolute atomic E-state index is 0.180. The normalized spacial score (nSPS) is 10.0. The van der Waals surface area contributed by atoms with Crippen molar-refractivity contribution in [3.8, 4) is 11.5 Å². The van der Waals surface area contributed by atoms with Crippen molar-refractivity contribution < 1.29 is 19.4 Å². The highest BCUT2D eigenvalue weighted by Gasteiger charge is 2.08. The number of methoxy groups -OCH3 is 2. The van der Waals surface area contributed by atoms with Gasteiger partial charge in [0.2, 0.25) is 0 Å². The molecular weight excluding hydrogens is 272 g/mol. The van der Waals surface area contributed by atoms with Gasteiger partial charge in [0.05, 0.1) is 19.8 Å². The van der Waals surface area contributed by atoms with Gasteiger partial charge < -0.3 is 19.9 Å². The van der Waals surface area contributed by atoms with Crippen LogP contribution in [-0.2, 0) is 0 Å². The summed E-state index contributed by atoms with van der Waals surface area (Å²) in [5, 5.41) is 12.1. The number of ether oxygens (including phenoxy) is 2. The molecule has 1 aromatic heterocycles. The van der Waals surface area contributed by atoms with Gasteiger partial charge >= 0.3 is 5.97 Å². The van der Waals surface area contributed by atoms with E-state index in [-0.39, 0.29) is 5.56 Å². The molecule has 0 fully saturated rings. The zero-order valence-electron chi connectivity index (χ0n) is 12.0. The Labute approximate surface area is 122 Å². The molecule has 6 heteroatoms. The summed E-state index contributed by atoms with van der Waals surface area (Å²) in [5.74, 6) is 0.709. The molecule has 0 aliphatic carbocycles. The number of aromatic nitrogens is 1. The van der Waals surface area contributed by atoms with Gasteiger partial charge in [-0.15, -0.1) is 0 Å². The van der Waals surface area contributed by atoms with Crippen LogP contribution in [0.15, 0.2) is 30.3 Å². The number of aryl methyl sites for hydroxylation is 1. The maximum Gasteiger partial charge on any atom is 0.335 e. The smallest absolute Gasteiger partial charge is 0.335 e. The molecule has 2 N–H and O–H groups in total. The van der Waals surface area contributed by atoms with Gasteiger partial charge in [-0.2, -0.15) is 0 Å². The van der Waals surface area contributed by atoms with E-state index in [1.165, 1.54) is 12.1 Å². The number of anilines is 2. The monoisotopic (exact) mass is 288 g/mol. The van der Waals surface area contributed by atoms with Crippen LogP contribution in [0, 0.1) is 6.92 Å². The number of benzene rings is 1. The Balaban J connectivity index is 2.35. The summed E-state index contributed by atoms with van der Waals surface area (Å²) in [6.07, 6.45) is 0. The third-order valence-corrected chi connectivity index (χ3v) is 2.82. The number of carboxylic acids is 1. The molecule has 1 aromatic carbocycles. The largest absolute Gasteiger partial charge is 0.497 e. The Kier molecular flexibility index (Phi) is 4.27. The first-order valence-corrected chi connectivity index (χ1v) is 6.24. The van der Waals surface area contributed by atoms with Gasteiger partial charge in [0.25, 0.3) is 0 Å². The SMILES string of the molecule is COc1cc(Nc2cc(C(=O)O)cc(C)n2)cc(OC)c1. The van der Waals surface area contributed by atoms with Crippen LogP contribution in [0.25, 0.3) is 0 Å². The zero-order valence-corrected chi connectivity index (χ0v) is 12.0. The van der Waals surface area contributed by atoms with Crippen molar-refractivity contribution in [2.24, 2.45) is 0 Å². The second-order valence-electron chi connectivity index (χ2n) is 4.41. The summed E-state index contributed by atoms with van der Waals surface area (Å²) >= 11 is 0. The fraction of sp³-hybridized carbons (Fsp3) is 0.200. The van der Waals surface area contributed by atoms with E-state index in [4.69, 9.17) is 14.6 Å². The van der Waals surface area contributed by atoms with E-state index >= 15 is 0 Å². The molecule has 2 rings (SSSR count). The lowest BCUT2D eigenvalue weighted by Crippen LogP contribution is -2.02. The van der Waals surface area contributed by atoms with Gasteiger partial charge in [-0.1, -0.05) is 0 Å². The molecule has 0 aliphatic heterocycles. The average molecular weight is 288 g/mol. The average Bonchev–Trinajstić information content (AvgIpc) is 2.46. The highest BCUT2D eigenvalue weighted by molar-refractivity contribution is 5.88. The summed E-state index contributed by atoms with van der Waals surface area (Å²) < 4.78 is 10.4. The molecule has 0 unspecified atom stereocenters. The number of hydrogen-bond acceptors (Lipinski definition) is 5. The number of hydrogen-bond donors (Lipinski definition) is 2. The molecule has 1 heterocycles. The number of carboxylic acid groups (broad SMARTS) is 1. The predicted octanol–water partition coefficient (Wildman–Crippen LogP) is 2.85. The van der Waals surface area contributed by atoms with Crippen molar-refractivity contribution in [2.75, 3.05) is 19.5 Å². The fourth-order valence-electron chi connectivity index (χ4n) is 1.88. The Hall–Kier alpha value is -2.76. The van der Waals surface area contributed by atoms with E-state index in [1.54, 1.807) is 39.3 Å².